The second-order valence-electron chi connectivity index (χ2n) is 5.63. The van der Waals surface area contributed by atoms with E-state index in [1.165, 1.54) is 11.7 Å². The molecule has 0 radical (unpaired) electrons. The largest absolute Gasteiger partial charge is 0.487 e. The molecule has 25 heavy (non-hydrogen) atoms. The Bertz CT molecular complexity index is 839. The fraction of sp³-hybridized carbons (Fsp3) is 0.278. The van der Waals surface area contributed by atoms with E-state index in [0.29, 0.717) is 30.9 Å². The lowest BCUT2D eigenvalue weighted by molar-refractivity contribution is 0.0953. The fourth-order valence-corrected chi connectivity index (χ4v) is 2.81. The third kappa shape index (κ3) is 4.67. The first-order valence-corrected chi connectivity index (χ1v) is 8.69. The topological polar surface area (TPSA) is 77.2 Å². The molecular formula is C18H19N3O3S. The number of nitrogens with one attached hydrogen (secondary N) is 1. The zero-order valence-electron chi connectivity index (χ0n) is 14.1. The predicted molar refractivity (Wildman–Crippen MR) is 94.9 cm³/mol. The van der Waals surface area contributed by atoms with Gasteiger partial charge in [-0.15, -0.1) is 0 Å². The van der Waals surface area contributed by atoms with Gasteiger partial charge < -0.3 is 14.5 Å². The van der Waals surface area contributed by atoms with Gasteiger partial charge in [0.25, 0.3) is 5.91 Å². The van der Waals surface area contributed by atoms with Gasteiger partial charge in [0.1, 0.15) is 29.6 Å². The van der Waals surface area contributed by atoms with E-state index < -0.39 is 0 Å². The lowest BCUT2D eigenvalue weighted by Crippen LogP contribution is -2.25. The Labute approximate surface area is 150 Å². The number of furan rings is 1. The summed E-state index contributed by atoms with van der Waals surface area (Å²) >= 11 is 1.18. The highest BCUT2D eigenvalue weighted by Gasteiger charge is 2.08. The van der Waals surface area contributed by atoms with Crippen molar-refractivity contribution in [3.8, 4) is 5.75 Å². The van der Waals surface area contributed by atoms with Crippen molar-refractivity contribution in [2.45, 2.75) is 26.9 Å². The first kappa shape index (κ1) is 17.2. The average Bonchev–Trinajstić information content (AvgIpc) is 3.21. The number of rotatable bonds is 7. The summed E-state index contributed by atoms with van der Waals surface area (Å²) in [6.07, 6.45) is 0.668. The van der Waals surface area contributed by atoms with Gasteiger partial charge in [-0.2, -0.15) is 8.75 Å². The summed E-state index contributed by atoms with van der Waals surface area (Å²) < 4.78 is 19.4. The molecule has 0 unspecified atom stereocenters. The van der Waals surface area contributed by atoms with Crippen LogP contribution in [0.3, 0.4) is 0 Å². The van der Waals surface area contributed by atoms with Crippen LogP contribution in [0.25, 0.3) is 0 Å². The number of ether oxygens (including phenoxy) is 1. The summed E-state index contributed by atoms with van der Waals surface area (Å²) in [6.45, 7) is 4.70. The molecule has 3 aromatic rings. The number of hydrogen-bond donors (Lipinski definition) is 1. The number of carbonyl (C=O) groups is 1. The molecule has 2 aromatic heterocycles. The SMILES string of the molecule is Cc1ccc(CCNC(=O)c2ccc(OCc3nsnc3C)cc2)o1. The molecule has 0 aliphatic rings. The van der Waals surface area contributed by atoms with Gasteiger partial charge in [0.2, 0.25) is 0 Å². The number of benzene rings is 1. The maximum Gasteiger partial charge on any atom is 0.251 e. The molecule has 0 aliphatic carbocycles. The van der Waals surface area contributed by atoms with E-state index in [0.717, 1.165) is 22.9 Å². The van der Waals surface area contributed by atoms with Crippen LogP contribution in [0.5, 0.6) is 5.75 Å². The van der Waals surface area contributed by atoms with Gasteiger partial charge in [-0.3, -0.25) is 4.79 Å². The van der Waals surface area contributed by atoms with Crippen LogP contribution in [-0.4, -0.2) is 21.2 Å². The second kappa shape index (κ2) is 7.94. The van der Waals surface area contributed by atoms with Crippen molar-refractivity contribution in [2.24, 2.45) is 0 Å². The van der Waals surface area contributed by atoms with E-state index in [1.807, 2.05) is 26.0 Å². The van der Waals surface area contributed by atoms with E-state index in [4.69, 9.17) is 9.15 Å². The maximum absolute atomic E-state index is 12.1. The van der Waals surface area contributed by atoms with Gasteiger partial charge in [0.15, 0.2) is 0 Å². The number of hydrogen-bond acceptors (Lipinski definition) is 6. The number of nitrogens with zero attached hydrogens (tertiary/aromatic N) is 2. The van der Waals surface area contributed by atoms with Crippen LogP contribution in [0.15, 0.2) is 40.8 Å². The molecule has 0 fully saturated rings. The van der Waals surface area contributed by atoms with Crippen LogP contribution in [0.4, 0.5) is 0 Å². The number of amides is 1. The van der Waals surface area contributed by atoms with E-state index in [1.54, 1.807) is 24.3 Å². The highest BCUT2D eigenvalue weighted by Crippen LogP contribution is 2.15. The quantitative estimate of drug-likeness (QED) is 0.702. The first-order chi connectivity index (χ1) is 12.1. The molecule has 1 amide bonds. The van der Waals surface area contributed by atoms with E-state index in [-0.39, 0.29) is 5.91 Å². The molecule has 0 atom stereocenters. The van der Waals surface area contributed by atoms with Crippen LogP contribution in [0.2, 0.25) is 0 Å². The average molecular weight is 357 g/mol. The minimum atomic E-state index is -0.116. The number of aromatic nitrogens is 2. The van der Waals surface area contributed by atoms with Crippen LogP contribution in [0, 0.1) is 13.8 Å². The van der Waals surface area contributed by atoms with E-state index in [2.05, 4.69) is 14.1 Å². The lowest BCUT2D eigenvalue weighted by Gasteiger charge is -2.07. The van der Waals surface area contributed by atoms with Crippen LogP contribution in [0.1, 0.15) is 33.3 Å². The lowest BCUT2D eigenvalue weighted by atomic mass is 10.2. The Morgan fingerprint density at radius 1 is 1.16 bits per heavy atom. The zero-order chi connectivity index (χ0) is 17.6. The summed E-state index contributed by atoms with van der Waals surface area (Å²) in [5.41, 5.74) is 2.31. The third-order valence-electron chi connectivity index (χ3n) is 3.69. The minimum Gasteiger partial charge on any atom is -0.487 e. The molecule has 7 heteroatoms. The van der Waals surface area contributed by atoms with Gasteiger partial charge >= 0.3 is 0 Å². The maximum atomic E-state index is 12.1. The molecule has 130 valence electrons. The van der Waals surface area contributed by atoms with Crippen molar-refractivity contribution >= 4 is 17.6 Å². The van der Waals surface area contributed by atoms with E-state index >= 15 is 0 Å². The third-order valence-corrected chi connectivity index (χ3v) is 4.35. The van der Waals surface area contributed by atoms with Crippen molar-refractivity contribution < 1.29 is 13.9 Å². The second-order valence-corrected chi connectivity index (χ2v) is 6.16. The predicted octanol–water partition coefficient (Wildman–Crippen LogP) is 3.30. The zero-order valence-corrected chi connectivity index (χ0v) is 14.9. The van der Waals surface area contributed by atoms with E-state index in [9.17, 15) is 4.79 Å². The minimum absolute atomic E-state index is 0.116. The van der Waals surface area contributed by atoms with Gasteiger partial charge in [0.05, 0.1) is 17.4 Å². The van der Waals surface area contributed by atoms with Crippen molar-refractivity contribution in [3.05, 3.63) is 64.9 Å². The summed E-state index contributed by atoms with van der Waals surface area (Å²) in [7, 11) is 0. The molecule has 1 aromatic carbocycles. The Hall–Kier alpha value is -2.67. The molecule has 6 nitrogen and oxygen atoms in total. The number of aryl methyl sites for hydroxylation is 2. The standard InChI is InChI=1S/C18H19N3O3S/c1-12-3-6-16(24-12)9-10-19-18(22)14-4-7-15(8-5-14)23-11-17-13(2)20-25-21-17/h3-8H,9-11H2,1-2H3,(H,19,22). The van der Waals surface area contributed by atoms with Gasteiger partial charge in [-0.1, -0.05) is 0 Å². The molecule has 3 rings (SSSR count). The van der Waals surface area contributed by atoms with Crippen LogP contribution in [-0.2, 0) is 13.0 Å². The monoisotopic (exact) mass is 357 g/mol. The summed E-state index contributed by atoms with van der Waals surface area (Å²) in [5, 5.41) is 2.88. The highest BCUT2D eigenvalue weighted by atomic mass is 32.1. The Kier molecular flexibility index (Phi) is 5.45. The first-order valence-electron chi connectivity index (χ1n) is 7.96. The van der Waals surface area contributed by atoms with Crippen molar-refractivity contribution in [3.63, 3.8) is 0 Å². The molecular weight excluding hydrogens is 338 g/mol. The van der Waals surface area contributed by atoms with Crippen molar-refractivity contribution in [1.82, 2.24) is 14.1 Å². The Morgan fingerprint density at radius 2 is 1.96 bits per heavy atom. The molecule has 0 spiro atoms. The van der Waals surface area contributed by atoms with Gasteiger partial charge in [0, 0.05) is 18.5 Å². The summed E-state index contributed by atoms with van der Waals surface area (Å²) in [4.78, 5) is 12.1. The normalized spacial score (nSPS) is 10.6. The molecule has 0 saturated carbocycles. The Balaban J connectivity index is 1.47. The smallest absolute Gasteiger partial charge is 0.251 e. The highest BCUT2D eigenvalue weighted by molar-refractivity contribution is 6.99. The summed E-state index contributed by atoms with van der Waals surface area (Å²) in [5.74, 6) is 2.32. The fourth-order valence-electron chi connectivity index (χ4n) is 2.26. The molecule has 0 bridgehead atoms. The number of carbonyl (C=O) groups excluding carboxylic acids is 1. The van der Waals surface area contributed by atoms with Crippen molar-refractivity contribution in [1.29, 1.82) is 0 Å². The van der Waals surface area contributed by atoms with Gasteiger partial charge in [-0.25, -0.2) is 0 Å². The van der Waals surface area contributed by atoms with Crippen molar-refractivity contribution in [2.75, 3.05) is 6.54 Å². The van der Waals surface area contributed by atoms with Crippen LogP contribution >= 0.6 is 11.7 Å². The molecule has 1 N–H and O–H groups in total. The van der Waals surface area contributed by atoms with Crippen LogP contribution < -0.4 is 10.1 Å². The Morgan fingerprint density at radius 3 is 2.60 bits per heavy atom. The van der Waals surface area contributed by atoms with Gasteiger partial charge in [-0.05, 0) is 50.2 Å². The molecule has 2 heterocycles. The molecule has 0 aliphatic heterocycles. The summed E-state index contributed by atoms with van der Waals surface area (Å²) in [6, 6.07) is 10.9. The molecule has 0 saturated heterocycles.